The van der Waals surface area contributed by atoms with E-state index < -0.39 is 5.97 Å². The van der Waals surface area contributed by atoms with Gasteiger partial charge in [-0.25, -0.2) is 19.4 Å². The number of pyridine rings is 1. The molecule has 1 N–H and O–H groups in total. The van der Waals surface area contributed by atoms with Crippen LogP contribution in [0.1, 0.15) is 45.8 Å². The van der Waals surface area contributed by atoms with E-state index in [0.29, 0.717) is 16.7 Å². The maximum absolute atomic E-state index is 11.5. The van der Waals surface area contributed by atoms with Gasteiger partial charge in [-0.15, -0.1) is 11.3 Å². The van der Waals surface area contributed by atoms with Gasteiger partial charge in [-0.2, -0.15) is 5.10 Å². The van der Waals surface area contributed by atoms with Crippen molar-refractivity contribution in [3.63, 3.8) is 0 Å². The van der Waals surface area contributed by atoms with Crippen molar-refractivity contribution < 1.29 is 9.90 Å². The summed E-state index contributed by atoms with van der Waals surface area (Å²) in [5.74, 6) is -0.986. The second-order valence-corrected chi connectivity index (χ2v) is 6.73. The van der Waals surface area contributed by atoms with Crippen LogP contribution in [0.5, 0.6) is 0 Å². The first-order chi connectivity index (χ1) is 11.0. The summed E-state index contributed by atoms with van der Waals surface area (Å²) in [7, 11) is 0. The van der Waals surface area contributed by atoms with Gasteiger partial charge in [0, 0.05) is 17.1 Å². The van der Waals surface area contributed by atoms with Gasteiger partial charge in [0.15, 0.2) is 5.65 Å². The van der Waals surface area contributed by atoms with Crippen molar-refractivity contribution in [1.82, 2.24) is 19.7 Å². The molecule has 0 aliphatic heterocycles. The summed E-state index contributed by atoms with van der Waals surface area (Å²) in [6.45, 7) is 5.95. The van der Waals surface area contributed by atoms with E-state index in [4.69, 9.17) is 0 Å². The number of aryl methyl sites for hydroxylation is 1. The Morgan fingerprint density at radius 3 is 2.74 bits per heavy atom. The number of nitrogens with zero attached hydrogens (tertiary/aromatic N) is 4. The topological polar surface area (TPSA) is 80.9 Å². The van der Waals surface area contributed by atoms with E-state index in [1.165, 1.54) is 0 Å². The number of fused-ring (bicyclic) bond motifs is 1. The first-order valence-corrected chi connectivity index (χ1v) is 7.99. The van der Waals surface area contributed by atoms with Gasteiger partial charge in [0.05, 0.1) is 22.8 Å². The van der Waals surface area contributed by atoms with Gasteiger partial charge < -0.3 is 5.11 Å². The molecule has 0 saturated carbocycles. The number of carboxylic acids is 1. The lowest BCUT2D eigenvalue weighted by molar-refractivity contribution is 0.0699. The van der Waals surface area contributed by atoms with Crippen LogP contribution < -0.4 is 0 Å². The quantitative estimate of drug-likeness (QED) is 0.790. The van der Waals surface area contributed by atoms with Crippen LogP contribution in [0.25, 0.3) is 23.2 Å². The molecule has 6 nitrogen and oxygen atoms in total. The Hall–Kier alpha value is -2.54. The molecule has 7 heteroatoms. The predicted octanol–water partition coefficient (Wildman–Crippen LogP) is 3.65. The molecule has 0 aliphatic rings. The number of rotatable bonds is 4. The Balaban J connectivity index is 2.11. The molecule has 3 aromatic rings. The van der Waals surface area contributed by atoms with Gasteiger partial charge in [0.2, 0.25) is 0 Å². The van der Waals surface area contributed by atoms with Crippen molar-refractivity contribution in [3.8, 4) is 0 Å². The molecule has 0 amide bonds. The molecule has 0 saturated heterocycles. The third-order valence-corrected chi connectivity index (χ3v) is 4.22. The maximum atomic E-state index is 11.5. The lowest BCUT2D eigenvalue weighted by atomic mass is 10.1. The normalized spacial score (nSPS) is 11.8. The van der Waals surface area contributed by atoms with Gasteiger partial charge in [-0.3, -0.25) is 0 Å². The minimum absolute atomic E-state index is 0.0995. The minimum Gasteiger partial charge on any atom is -0.478 e. The van der Waals surface area contributed by atoms with Crippen LogP contribution in [0.15, 0.2) is 18.5 Å². The molecule has 23 heavy (non-hydrogen) atoms. The van der Waals surface area contributed by atoms with Gasteiger partial charge in [-0.05, 0) is 39.0 Å². The third kappa shape index (κ3) is 3.00. The predicted molar refractivity (Wildman–Crippen MR) is 90.7 cm³/mol. The van der Waals surface area contributed by atoms with Crippen molar-refractivity contribution >= 4 is 40.5 Å². The standard InChI is InChI=1S/C16H16N4O2S/c1-9(2)20-15-13(8-18-20)12(16(21)22)6-11(19-15)4-5-14-17-7-10(3)23-14/h4-9H,1-3H3,(H,21,22)/b5-4+. The highest BCUT2D eigenvalue weighted by molar-refractivity contribution is 7.12. The smallest absolute Gasteiger partial charge is 0.336 e. The molecule has 0 radical (unpaired) electrons. The molecule has 0 unspecified atom stereocenters. The van der Waals surface area contributed by atoms with E-state index in [0.717, 1.165) is 9.88 Å². The van der Waals surface area contributed by atoms with E-state index in [2.05, 4.69) is 15.1 Å². The highest BCUT2D eigenvalue weighted by Gasteiger charge is 2.16. The van der Waals surface area contributed by atoms with Crippen molar-refractivity contribution in [3.05, 3.63) is 39.6 Å². The zero-order valence-electron chi connectivity index (χ0n) is 13.0. The number of hydrogen-bond donors (Lipinski definition) is 1. The molecule has 0 fully saturated rings. The van der Waals surface area contributed by atoms with Crippen LogP contribution in [0, 0.1) is 6.92 Å². The highest BCUT2D eigenvalue weighted by Crippen LogP contribution is 2.22. The third-order valence-electron chi connectivity index (χ3n) is 3.34. The van der Waals surface area contributed by atoms with E-state index in [-0.39, 0.29) is 11.6 Å². The van der Waals surface area contributed by atoms with Crippen molar-refractivity contribution in [2.45, 2.75) is 26.8 Å². The zero-order valence-corrected chi connectivity index (χ0v) is 13.8. The van der Waals surface area contributed by atoms with Crippen LogP contribution in [-0.4, -0.2) is 30.8 Å². The van der Waals surface area contributed by atoms with E-state index >= 15 is 0 Å². The van der Waals surface area contributed by atoms with Crippen LogP contribution in [0.3, 0.4) is 0 Å². The zero-order chi connectivity index (χ0) is 16.6. The molecule has 118 valence electrons. The van der Waals surface area contributed by atoms with Gasteiger partial charge >= 0.3 is 5.97 Å². The fourth-order valence-corrected chi connectivity index (χ4v) is 2.96. The monoisotopic (exact) mass is 328 g/mol. The largest absolute Gasteiger partial charge is 0.478 e. The molecule has 0 aromatic carbocycles. The number of carbonyl (C=O) groups is 1. The summed E-state index contributed by atoms with van der Waals surface area (Å²) in [6.07, 6.45) is 6.98. The second kappa shape index (κ2) is 5.92. The SMILES string of the molecule is Cc1cnc(/C=C/c2cc(C(=O)O)c3cnn(C(C)C)c3n2)s1. The summed E-state index contributed by atoms with van der Waals surface area (Å²) < 4.78 is 1.73. The van der Waals surface area contributed by atoms with E-state index in [1.54, 1.807) is 40.6 Å². The average molecular weight is 328 g/mol. The number of aromatic carboxylic acids is 1. The number of hydrogen-bond acceptors (Lipinski definition) is 5. The summed E-state index contributed by atoms with van der Waals surface area (Å²) in [5.41, 5.74) is 1.36. The Morgan fingerprint density at radius 2 is 2.13 bits per heavy atom. The average Bonchev–Trinajstić information content (AvgIpc) is 3.10. The Morgan fingerprint density at radius 1 is 1.35 bits per heavy atom. The van der Waals surface area contributed by atoms with Gasteiger partial charge in [0.25, 0.3) is 0 Å². The molecule has 3 rings (SSSR count). The molecular weight excluding hydrogens is 312 g/mol. The Bertz CT molecular complexity index is 908. The second-order valence-electron chi connectivity index (χ2n) is 5.46. The molecule has 0 atom stereocenters. The molecule has 3 aromatic heterocycles. The summed E-state index contributed by atoms with van der Waals surface area (Å²) in [5, 5.41) is 15.1. The number of carboxylic acid groups (broad SMARTS) is 1. The summed E-state index contributed by atoms with van der Waals surface area (Å²) >= 11 is 1.57. The summed E-state index contributed by atoms with van der Waals surface area (Å²) in [6, 6.07) is 1.66. The van der Waals surface area contributed by atoms with Crippen molar-refractivity contribution in [2.75, 3.05) is 0 Å². The fourth-order valence-electron chi connectivity index (χ4n) is 2.28. The Kier molecular flexibility index (Phi) is 3.96. The summed E-state index contributed by atoms with van der Waals surface area (Å²) in [4.78, 5) is 21.5. The van der Waals surface area contributed by atoms with Crippen molar-refractivity contribution in [2.24, 2.45) is 0 Å². The Labute approximate surface area is 137 Å². The van der Waals surface area contributed by atoms with E-state index in [9.17, 15) is 9.90 Å². The molecule has 0 bridgehead atoms. The van der Waals surface area contributed by atoms with Crippen molar-refractivity contribution in [1.29, 1.82) is 0 Å². The van der Waals surface area contributed by atoms with Gasteiger partial charge in [0.1, 0.15) is 5.01 Å². The van der Waals surface area contributed by atoms with Gasteiger partial charge in [-0.1, -0.05) is 0 Å². The number of aromatic nitrogens is 4. The van der Waals surface area contributed by atoms with E-state index in [1.807, 2.05) is 26.8 Å². The number of thiazole rings is 1. The lowest BCUT2D eigenvalue weighted by Gasteiger charge is -2.07. The molecular formula is C16H16N4O2S. The molecule has 0 spiro atoms. The maximum Gasteiger partial charge on any atom is 0.336 e. The van der Waals surface area contributed by atoms with Crippen LogP contribution in [0.2, 0.25) is 0 Å². The first kappa shape index (κ1) is 15.4. The van der Waals surface area contributed by atoms with Crippen LogP contribution >= 0.6 is 11.3 Å². The van der Waals surface area contributed by atoms with Crippen LogP contribution in [0.4, 0.5) is 0 Å². The fraction of sp³-hybridized carbons (Fsp3) is 0.250. The minimum atomic E-state index is -0.986. The molecule has 0 aliphatic carbocycles. The highest BCUT2D eigenvalue weighted by atomic mass is 32.1. The molecule has 3 heterocycles. The van der Waals surface area contributed by atoms with Crippen LogP contribution in [-0.2, 0) is 0 Å². The first-order valence-electron chi connectivity index (χ1n) is 7.18. The lowest BCUT2D eigenvalue weighted by Crippen LogP contribution is -2.05.